The zero-order valence-electron chi connectivity index (χ0n) is 12.1. The van der Waals surface area contributed by atoms with Crippen LogP contribution in [0.4, 0.5) is 0 Å². The molecular formula is C16H23NO2S. The normalized spacial score (nSPS) is 30.4. The van der Waals surface area contributed by atoms with Crippen LogP contribution in [0.3, 0.4) is 0 Å². The van der Waals surface area contributed by atoms with Crippen LogP contribution in [-0.2, 0) is 11.2 Å². The highest BCUT2D eigenvalue weighted by atomic mass is 32.1. The molecule has 0 radical (unpaired) electrons. The van der Waals surface area contributed by atoms with E-state index in [2.05, 4.69) is 23.3 Å². The van der Waals surface area contributed by atoms with Gasteiger partial charge < -0.3 is 5.11 Å². The monoisotopic (exact) mass is 293 g/mol. The molecule has 2 unspecified atom stereocenters. The van der Waals surface area contributed by atoms with Crippen molar-refractivity contribution in [3.05, 3.63) is 21.9 Å². The van der Waals surface area contributed by atoms with Crippen molar-refractivity contribution in [1.29, 1.82) is 0 Å². The Morgan fingerprint density at radius 3 is 3.20 bits per heavy atom. The summed E-state index contributed by atoms with van der Waals surface area (Å²) in [5.41, 5.74) is 0.974. The maximum absolute atomic E-state index is 11.7. The Morgan fingerprint density at radius 2 is 2.45 bits per heavy atom. The van der Waals surface area contributed by atoms with E-state index in [-0.39, 0.29) is 0 Å². The molecule has 3 nitrogen and oxygen atoms in total. The van der Waals surface area contributed by atoms with Gasteiger partial charge in [-0.05, 0) is 55.7 Å². The number of carboxylic acid groups (broad SMARTS) is 1. The van der Waals surface area contributed by atoms with Crippen LogP contribution in [0.1, 0.15) is 55.5 Å². The predicted molar refractivity (Wildman–Crippen MR) is 81.2 cm³/mol. The third kappa shape index (κ3) is 2.29. The lowest BCUT2D eigenvalue weighted by Crippen LogP contribution is -2.36. The lowest BCUT2D eigenvalue weighted by molar-refractivity contribution is -0.148. The molecule has 2 aliphatic rings. The van der Waals surface area contributed by atoms with Crippen LogP contribution in [0.15, 0.2) is 11.4 Å². The summed E-state index contributed by atoms with van der Waals surface area (Å²) >= 11 is 1.86. The fourth-order valence-electron chi connectivity index (χ4n) is 3.98. The van der Waals surface area contributed by atoms with Crippen LogP contribution >= 0.6 is 11.3 Å². The van der Waals surface area contributed by atoms with Gasteiger partial charge in [-0.3, -0.25) is 9.69 Å². The summed E-state index contributed by atoms with van der Waals surface area (Å²) in [5.74, 6) is -0.594. The minimum absolute atomic E-state index is 0.461. The number of hydrogen-bond donors (Lipinski definition) is 1. The summed E-state index contributed by atoms with van der Waals surface area (Å²) < 4.78 is 0. The summed E-state index contributed by atoms with van der Waals surface area (Å²) in [6.45, 7) is 3.76. The van der Waals surface area contributed by atoms with E-state index in [4.69, 9.17) is 0 Å². The Hall–Kier alpha value is -0.870. The molecule has 0 bridgehead atoms. The summed E-state index contributed by atoms with van der Waals surface area (Å²) in [5, 5.41) is 11.8. The van der Waals surface area contributed by atoms with Crippen LogP contribution in [-0.4, -0.2) is 29.1 Å². The SMILES string of the molecule is CCCC1(C(=O)O)CCN(C2CCCc3sccc32)C1. The van der Waals surface area contributed by atoms with E-state index < -0.39 is 11.4 Å². The summed E-state index contributed by atoms with van der Waals surface area (Å²) in [6.07, 6.45) is 6.20. The smallest absolute Gasteiger partial charge is 0.310 e. The van der Waals surface area contributed by atoms with Gasteiger partial charge in [0.25, 0.3) is 0 Å². The van der Waals surface area contributed by atoms with Crippen LogP contribution in [0.25, 0.3) is 0 Å². The van der Waals surface area contributed by atoms with Crippen LogP contribution in [0.5, 0.6) is 0 Å². The molecule has 0 saturated carbocycles. The standard InChI is InChI=1S/C16H23NO2S/c1-2-7-16(15(18)19)8-9-17(11-16)13-4-3-5-14-12(13)6-10-20-14/h6,10,13H,2-5,7-9,11H2,1H3,(H,18,19). The highest BCUT2D eigenvalue weighted by Gasteiger charge is 2.46. The van der Waals surface area contributed by atoms with E-state index in [1.807, 2.05) is 11.3 Å². The molecule has 2 atom stereocenters. The third-order valence-electron chi connectivity index (χ3n) is 5.03. The van der Waals surface area contributed by atoms with Crippen molar-refractivity contribution in [1.82, 2.24) is 4.90 Å². The van der Waals surface area contributed by atoms with Gasteiger partial charge in [0.2, 0.25) is 0 Å². The zero-order valence-corrected chi connectivity index (χ0v) is 12.9. The van der Waals surface area contributed by atoms with Crippen molar-refractivity contribution in [3.63, 3.8) is 0 Å². The average Bonchev–Trinajstić information content (AvgIpc) is 3.05. The van der Waals surface area contributed by atoms with Gasteiger partial charge >= 0.3 is 5.97 Å². The van der Waals surface area contributed by atoms with Gasteiger partial charge in [-0.1, -0.05) is 13.3 Å². The van der Waals surface area contributed by atoms with E-state index >= 15 is 0 Å². The molecule has 0 aromatic carbocycles. The Balaban J connectivity index is 1.80. The predicted octanol–water partition coefficient (Wildman–Crippen LogP) is 3.70. The molecule has 1 saturated heterocycles. The molecule has 1 aliphatic carbocycles. The quantitative estimate of drug-likeness (QED) is 0.920. The number of nitrogens with zero attached hydrogens (tertiary/aromatic N) is 1. The van der Waals surface area contributed by atoms with Gasteiger partial charge in [0.05, 0.1) is 5.41 Å². The Labute approximate surface area is 124 Å². The van der Waals surface area contributed by atoms with E-state index in [9.17, 15) is 9.90 Å². The number of hydrogen-bond acceptors (Lipinski definition) is 3. The fourth-order valence-corrected chi connectivity index (χ4v) is 4.96. The largest absolute Gasteiger partial charge is 0.481 e. The lowest BCUT2D eigenvalue weighted by atomic mass is 9.82. The Morgan fingerprint density at radius 1 is 1.60 bits per heavy atom. The van der Waals surface area contributed by atoms with E-state index in [1.54, 1.807) is 0 Å². The Bertz CT molecular complexity index is 498. The van der Waals surface area contributed by atoms with Crippen molar-refractivity contribution in [3.8, 4) is 0 Å². The van der Waals surface area contributed by atoms with Crippen molar-refractivity contribution in [2.45, 2.75) is 51.5 Å². The number of aryl methyl sites for hydroxylation is 1. The fraction of sp³-hybridized carbons (Fsp3) is 0.688. The van der Waals surface area contributed by atoms with Crippen molar-refractivity contribution >= 4 is 17.3 Å². The van der Waals surface area contributed by atoms with E-state index in [0.717, 1.165) is 32.4 Å². The molecule has 1 aromatic heterocycles. The average molecular weight is 293 g/mol. The molecule has 1 fully saturated rings. The van der Waals surface area contributed by atoms with Crippen molar-refractivity contribution < 1.29 is 9.90 Å². The second-order valence-corrected chi connectivity index (χ2v) is 7.26. The van der Waals surface area contributed by atoms with E-state index in [1.165, 1.54) is 29.7 Å². The maximum atomic E-state index is 11.7. The minimum atomic E-state index is -0.594. The van der Waals surface area contributed by atoms with Gasteiger partial charge in [-0.25, -0.2) is 0 Å². The molecular weight excluding hydrogens is 270 g/mol. The van der Waals surface area contributed by atoms with Gasteiger partial charge in [-0.15, -0.1) is 11.3 Å². The molecule has 0 spiro atoms. The molecule has 0 amide bonds. The zero-order chi connectivity index (χ0) is 14.2. The number of thiophene rings is 1. The topological polar surface area (TPSA) is 40.5 Å². The number of aliphatic carboxylic acids is 1. The first-order chi connectivity index (χ1) is 9.66. The molecule has 1 N–H and O–H groups in total. The molecule has 1 aliphatic heterocycles. The number of rotatable bonds is 4. The van der Waals surface area contributed by atoms with Gasteiger partial charge in [0, 0.05) is 17.5 Å². The van der Waals surface area contributed by atoms with Crippen molar-refractivity contribution in [2.24, 2.45) is 5.41 Å². The van der Waals surface area contributed by atoms with Gasteiger partial charge in [0.15, 0.2) is 0 Å². The Kier molecular flexibility index (Phi) is 3.87. The lowest BCUT2D eigenvalue weighted by Gasteiger charge is -2.33. The van der Waals surface area contributed by atoms with Crippen LogP contribution < -0.4 is 0 Å². The van der Waals surface area contributed by atoms with Crippen molar-refractivity contribution in [2.75, 3.05) is 13.1 Å². The van der Waals surface area contributed by atoms with Crippen LogP contribution in [0, 0.1) is 5.41 Å². The molecule has 20 heavy (non-hydrogen) atoms. The highest BCUT2D eigenvalue weighted by Crippen LogP contribution is 2.44. The minimum Gasteiger partial charge on any atom is -0.481 e. The summed E-state index contributed by atoms with van der Waals surface area (Å²) in [7, 11) is 0. The molecule has 4 heteroatoms. The highest BCUT2D eigenvalue weighted by molar-refractivity contribution is 7.10. The number of carboxylic acids is 1. The molecule has 110 valence electrons. The second-order valence-electron chi connectivity index (χ2n) is 6.26. The number of likely N-dealkylation sites (tertiary alicyclic amines) is 1. The summed E-state index contributed by atoms with van der Waals surface area (Å²) in [6, 6.07) is 2.72. The first kappa shape index (κ1) is 14.1. The summed E-state index contributed by atoms with van der Waals surface area (Å²) in [4.78, 5) is 15.7. The van der Waals surface area contributed by atoms with Gasteiger partial charge in [0.1, 0.15) is 0 Å². The molecule has 2 heterocycles. The molecule has 3 rings (SSSR count). The molecule has 1 aromatic rings. The van der Waals surface area contributed by atoms with E-state index in [0.29, 0.717) is 6.04 Å². The number of carbonyl (C=O) groups is 1. The van der Waals surface area contributed by atoms with Crippen LogP contribution in [0.2, 0.25) is 0 Å². The number of fused-ring (bicyclic) bond motifs is 1. The maximum Gasteiger partial charge on any atom is 0.310 e. The van der Waals surface area contributed by atoms with Gasteiger partial charge in [-0.2, -0.15) is 0 Å². The third-order valence-corrected chi connectivity index (χ3v) is 6.02. The second kappa shape index (κ2) is 5.49. The first-order valence-electron chi connectivity index (χ1n) is 7.70. The first-order valence-corrected chi connectivity index (χ1v) is 8.58.